The van der Waals surface area contributed by atoms with Crippen molar-refractivity contribution >= 4 is 17.5 Å². The van der Waals surface area contributed by atoms with E-state index in [9.17, 15) is 4.79 Å². The number of nitrogens with zero attached hydrogens (tertiary/aromatic N) is 4. The van der Waals surface area contributed by atoms with Gasteiger partial charge in [0.05, 0.1) is 0 Å². The number of amides is 1. The summed E-state index contributed by atoms with van der Waals surface area (Å²) in [4.78, 5) is 24.2. The van der Waals surface area contributed by atoms with Crippen LogP contribution in [0.4, 0.5) is 11.6 Å². The minimum atomic E-state index is 0.128. The quantitative estimate of drug-likeness (QED) is 0.856. The zero-order valence-corrected chi connectivity index (χ0v) is 12.2. The summed E-state index contributed by atoms with van der Waals surface area (Å²) in [5.74, 6) is 2.43. The number of aromatic nitrogens is 2. The van der Waals surface area contributed by atoms with Crippen molar-refractivity contribution < 1.29 is 9.53 Å². The lowest BCUT2D eigenvalue weighted by Crippen LogP contribution is -2.48. The van der Waals surface area contributed by atoms with Crippen LogP contribution in [0.5, 0.6) is 0 Å². The molecule has 7 nitrogen and oxygen atoms in total. The molecule has 1 aromatic heterocycles. The molecule has 110 valence electrons. The first-order valence-electron chi connectivity index (χ1n) is 6.69. The molecule has 1 aliphatic rings. The number of ether oxygens (including phenoxy) is 1. The van der Waals surface area contributed by atoms with Gasteiger partial charge in [0.25, 0.3) is 0 Å². The second-order valence-corrected chi connectivity index (χ2v) is 4.70. The third-order valence-corrected chi connectivity index (χ3v) is 3.34. The Morgan fingerprint density at radius 1 is 1.35 bits per heavy atom. The molecule has 0 bridgehead atoms. The van der Waals surface area contributed by atoms with Crippen LogP contribution < -0.4 is 10.2 Å². The third kappa shape index (κ3) is 3.36. The lowest BCUT2D eigenvalue weighted by atomic mass is 10.3. The second kappa shape index (κ2) is 6.51. The molecule has 1 fully saturated rings. The average Bonchev–Trinajstić information content (AvgIpc) is 2.47. The van der Waals surface area contributed by atoms with Gasteiger partial charge in [0, 0.05) is 53.3 Å². The Morgan fingerprint density at radius 2 is 2.05 bits per heavy atom. The van der Waals surface area contributed by atoms with Crippen LogP contribution in [0.3, 0.4) is 0 Å². The first-order valence-corrected chi connectivity index (χ1v) is 6.69. The zero-order chi connectivity index (χ0) is 14.5. The number of methoxy groups -OCH3 is 1. The van der Waals surface area contributed by atoms with Crippen LogP contribution >= 0.6 is 0 Å². The highest BCUT2D eigenvalue weighted by Crippen LogP contribution is 2.18. The van der Waals surface area contributed by atoms with Gasteiger partial charge in [-0.1, -0.05) is 0 Å². The molecule has 1 amide bonds. The Hall–Kier alpha value is -1.89. The lowest BCUT2D eigenvalue weighted by Gasteiger charge is -2.35. The standard InChI is InChI=1S/C13H21N5O2/c1-10(19)17-4-6-18(7-5-17)13-8-11(14-2)15-12(16-13)9-20-3/h8H,4-7,9H2,1-3H3,(H,14,15,16). The predicted octanol–water partition coefficient (Wildman–Crippen LogP) is 0.333. The number of anilines is 2. The summed E-state index contributed by atoms with van der Waals surface area (Å²) in [6.45, 7) is 5.02. The van der Waals surface area contributed by atoms with Gasteiger partial charge >= 0.3 is 0 Å². The van der Waals surface area contributed by atoms with Crippen molar-refractivity contribution in [1.29, 1.82) is 0 Å². The molecule has 1 aromatic rings. The molecule has 0 aromatic carbocycles. The highest BCUT2D eigenvalue weighted by molar-refractivity contribution is 5.73. The van der Waals surface area contributed by atoms with Gasteiger partial charge in [0.15, 0.2) is 5.82 Å². The van der Waals surface area contributed by atoms with Crippen LogP contribution in [0, 0.1) is 0 Å². The van der Waals surface area contributed by atoms with Crippen molar-refractivity contribution in [2.45, 2.75) is 13.5 Å². The Morgan fingerprint density at radius 3 is 2.60 bits per heavy atom. The van der Waals surface area contributed by atoms with Gasteiger partial charge in [0.2, 0.25) is 5.91 Å². The minimum absolute atomic E-state index is 0.128. The fraction of sp³-hybridized carbons (Fsp3) is 0.615. The van der Waals surface area contributed by atoms with Crippen molar-refractivity contribution in [2.75, 3.05) is 50.6 Å². The molecule has 2 heterocycles. The number of hydrogen-bond acceptors (Lipinski definition) is 6. The van der Waals surface area contributed by atoms with E-state index in [1.54, 1.807) is 14.0 Å². The van der Waals surface area contributed by atoms with Crippen LogP contribution in [0.15, 0.2) is 6.07 Å². The topological polar surface area (TPSA) is 70.6 Å². The van der Waals surface area contributed by atoms with Gasteiger partial charge < -0.3 is 19.9 Å². The molecule has 0 unspecified atom stereocenters. The van der Waals surface area contributed by atoms with Crippen LogP contribution in [0.25, 0.3) is 0 Å². The van der Waals surface area contributed by atoms with Crippen molar-refractivity contribution in [2.24, 2.45) is 0 Å². The summed E-state index contributed by atoms with van der Waals surface area (Å²) in [5, 5.41) is 3.03. The van der Waals surface area contributed by atoms with Gasteiger partial charge in [0.1, 0.15) is 18.2 Å². The van der Waals surface area contributed by atoms with E-state index in [-0.39, 0.29) is 5.91 Å². The summed E-state index contributed by atoms with van der Waals surface area (Å²) in [6, 6.07) is 1.92. The lowest BCUT2D eigenvalue weighted by molar-refractivity contribution is -0.129. The molecule has 0 saturated carbocycles. The number of piperazine rings is 1. The second-order valence-electron chi connectivity index (χ2n) is 4.70. The number of rotatable bonds is 4. The smallest absolute Gasteiger partial charge is 0.219 e. The van der Waals surface area contributed by atoms with Crippen LogP contribution in [0.2, 0.25) is 0 Å². The zero-order valence-electron chi connectivity index (χ0n) is 12.2. The predicted molar refractivity (Wildman–Crippen MR) is 76.8 cm³/mol. The van der Waals surface area contributed by atoms with Crippen LogP contribution in [-0.4, -0.2) is 61.1 Å². The number of carbonyl (C=O) groups is 1. The van der Waals surface area contributed by atoms with Gasteiger partial charge in [-0.05, 0) is 0 Å². The fourth-order valence-electron chi connectivity index (χ4n) is 2.22. The Balaban J connectivity index is 2.12. The molecule has 20 heavy (non-hydrogen) atoms. The van der Waals surface area contributed by atoms with Crippen LogP contribution in [-0.2, 0) is 16.1 Å². The minimum Gasteiger partial charge on any atom is -0.377 e. The van der Waals surface area contributed by atoms with Crippen molar-refractivity contribution in [3.05, 3.63) is 11.9 Å². The number of carbonyl (C=O) groups excluding carboxylic acids is 1. The third-order valence-electron chi connectivity index (χ3n) is 3.34. The molecule has 0 radical (unpaired) electrons. The summed E-state index contributed by atoms with van der Waals surface area (Å²) in [7, 11) is 3.46. The van der Waals surface area contributed by atoms with E-state index in [2.05, 4.69) is 20.2 Å². The molecule has 0 spiro atoms. The molecular formula is C13H21N5O2. The Kier molecular flexibility index (Phi) is 4.73. The molecule has 1 aliphatic heterocycles. The molecule has 7 heteroatoms. The monoisotopic (exact) mass is 279 g/mol. The molecule has 2 rings (SSSR count). The molecular weight excluding hydrogens is 258 g/mol. The average molecular weight is 279 g/mol. The Labute approximate surface area is 118 Å². The van der Waals surface area contributed by atoms with Crippen molar-refractivity contribution in [3.63, 3.8) is 0 Å². The van der Waals surface area contributed by atoms with Gasteiger partial charge in [-0.3, -0.25) is 4.79 Å². The molecule has 1 N–H and O–H groups in total. The summed E-state index contributed by atoms with van der Waals surface area (Å²) in [6.07, 6.45) is 0. The Bertz CT molecular complexity index is 472. The summed E-state index contributed by atoms with van der Waals surface area (Å²) >= 11 is 0. The summed E-state index contributed by atoms with van der Waals surface area (Å²) in [5.41, 5.74) is 0. The molecule has 1 saturated heterocycles. The number of hydrogen-bond donors (Lipinski definition) is 1. The van der Waals surface area contributed by atoms with E-state index in [0.717, 1.165) is 37.8 Å². The maximum absolute atomic E-state index is 11.3. The SMILES string of the molecule is CNc1cc(N2CCN(C(C)=O)CC2)nc(COC)n1. The van der Waals surface area contributed by atoms with E-state index in [1.165, 1.54) is 0 Å². The van der Waals surface area contributed by atoms with Gasteiger partial charge in [-0.15, -0.1) is 0 Å². The van der Waals surface area contributed by atoms with E-state index in [0.29, 0.717) is 12.4 Å². The van der Waals surface area contributed by atoms with E-state index in [4.69, 9.17) is 4.74 Å². The largest absolute Gasteiger partial charge is 0.377 e. The maximum atomic E-state index is 11.3. The highest BCUT2D eigenvalue weighted by atomic mass is 16.5. The number of nitrogens with one attached hydrogen (secondary N) is 1. The molecule has 0 atom stereocenters. The van der Waals surface area contributed by atoms with Crippen LogP contribution in [0.1, 0.15) is 12.7 Å². The first-order chi connectivity index (χ1) is 9.63. The van der Waals surface area contributed by atoms with E-state index in [1.807, 2.05) is 18.0 Å². The van der Waals surface area contributed by atoms with Gasteiger partial charge in [-0.25, -0.2) is 9.97 Å². The highest BCUT2D eigenvalue weighted by Gasteiger charge is 2.20. The summed E-state index contributed by atoms with van der Waals surface area (Å²) < 4.78 is 5.09. The van der Waals surface area contributed by atoms with Crippen molar-refractivity contribution in [1.82, 2.24) is 14.9 Å². The van der Waals surface area contributed by atoms with E-state index < -0.39 is 0 Å². The van der Waals surface area contributed by atoms with Crippen molar-refractivity contribution in [3.8, 4) is 0 Å². The fourth-order valence-corrected chi connectivity index (χ4v) is 2.22. The first kappa shape index (κ1) is 14.5. The normalized spacial score (nSPS) is 15.3. The maximum Gasteiger partial charge on any atom is 0.219 e. The van der Waals surface area contributed by atoms with Gasteiger partial charge in [-0.2, -0.15) is 0 Å². The molecule has 0 aliphatic carbocycles. The van der Waals surface area contributed by atoms with E-state index >= 15 is 0 Å².